The Kier molecular flexibility index (Phi) is 6.94. The van der Waals surface area contributed by atoms with Crippen molar-refractivity contribution >= 4 is 5.69 Å². The van der Waals surface area contributed by atoms with E-state index in [9.17, 15) is 0 Å². The van der Waals surface area contributed by atoms with Crippen LogP contribution in [0.5, 0.6) is 11.5 Å². The minimum Gasteiger partial charge on any atom is -0.493 e. The number of ether oxygens (including phenoxy) is 2. The zero-order valence-corrected chi connectivity index (χ0v) is 15.2. The molecule has 0 fully saturated rings. The average Bonchev–Trinajstić information content (AvgIpc) is 2.64. The number of rotatable bonds is 9. The molecule has 0 aromatic heterocycles. The van der Waals surface area contributed by atoms with E-state index < -0.39 is 0 Å². The lowest BCUT2D eigenvalue weighted by Gasteiger charge is -2.34. The third kappa shape index (κ3) is 4.65. The molecule has 0 bridgehead atoms. The van der Waals surface area contributed by atoms with Gasteiger partial charge in [-0.15, -0.1) is 0 Å². The Labute approximate surface area is 145 Å². The Morgan fingerprint density at radius 2 is 1.58 bits per heavy atom. The summed E-state index contributed by atoms with van der Waals surface area (Å²) >= 11 is 0. The normalized spacial score (nSPS) is 10.7. The van der Waals surface area contributed by atoms with Crippen molar-refractivity contribution in [3.05, 3.63) is 54.1 Å². The summed E-state index contributed by atoms with van der Waals surface area (Å²) in [6, 6.07) is 16.7. The fourth-order valence-corrected chi connectivity index (χ4v) is 2.76. The minimum absolute atomic E-state index is 0.770. The second kappa shape index (κ2) is 9.18. The highest BCUT2D eigenvalue weighted by molar-refractivity contribution is 5.45. The summed E-state index contributed by atoms with van der Waals surface area (Å²) in [6.45, 7) is 4.15. The molecule has 0 radical (unpaired) electrons. The van der Waals surface area contributed by atoms with Crippen molar-refractivity contribution < 1.29 is 9.47 Å². The largest absolute Gasteiger partial charge is 0.493 e. The van der Waals surface area contributed by atoms with Crippen LogP contribution in [-0.4, -0.2) is 39.4 Å². The van der Waals surface area contributed by atoms with Gasteiger partial charge in [-0.05, 0) is 42.7 Å². The molecule has 0 amide bonds. The molecule has 4 heteroatoms. The fourth-order valence-electron chi connectivity index (χ4n) is 2.76. The summed E-state index contributed by atoms with van der Waals surface area (Å²) in [5, 5.41) is 4.62. The smallest absolute Gasteiger partial charge is 0.160 e. The first-order chi connectivity index (χ1) is 11.7. The first-order valence-electron chi connectivity index (χ1n) is 8.44. The van der Waals surface area contributed by atoms with Crippen molar-refractivity contribution in [3.8, 4) is 11.5 Å². The van der Waals surface area contributed by atoms with Crippen LogP contribution in [0.2, 0.25) is 0 Å². The summed E-state index contributed by atoms with van der Waals surface area (Å²) in [4.78, 5) is 0. The highest BCUT2D eigenvalue weighted by Gasteiger charge is 2.12. The van der Waals surface area contributed by atoms with Crippen molar-refractivity contribution in [1.82, 2.24) is 5.01 Å². The van der Waals surface area contributed by atoms with Crippen molar-refractivity contribution in [2.24, 2.45) is 0 Å². The summed E-state index contributed by atoms with van der Waals surface area (Å²) in [5.74, 6) is 1.55. The van der Waals surface area contributed by atoms with Gasteiger partial charge in [-0.2, -0.15) is 0 Å². The van der Waals surface area contributed by atoms with E-state index in [0.717, 1.165) is 37.4 Å². The Hall–Kier alpha value is -2.20. The number of methoxy groups -OCH3 is 2. The van der Waals surface area contributed by atoms with E-state index in [1.807, 2.05) is 6.07 Å². The highest BCUT2D eigenvalue weighted by atomic mass is 16.5. The number of likely N-dealkylation sites (N-methyl/N-ethyl adjacent to an activating group) is 1. The molecule has 0 aliphatic carbocycles. The Balaban J connectivity index is 2.04. The molecule has 2 rings (SSSR count). The first-order valence-corrected chi connectivity index (χ1v) is 8.44. The summed E-state index contributed by atoms with van der Waals surface area (Å²) < 4.78 is 10.7. The lowest BCUT2D eigenvalue weighted by atomic mass is 10.1. The maximum absolute atomic E-state index is 5.39. The van der Waals surface area contributed by atoms with Gasteiger partial charge >= 0.3 is 0 Å². The van der Waals surface area contributed by atoms with E-state index in [1.54, 1.807) is 14.2 Å². The molecule has 0 saturated carbocycles. The standard InChI is InChI=1S/C20H28N2O2/c1-5-14-22(18-9-7-6-8-10-18)21(2)15-13-17-11-12-19(23-3)20(16-17)24-4/h6-12,16H,5,13-15H2,1-4H3. The van der Waals surface area contributed by atoms with Crippen LogP contribution in [0.15, 0.2) is 48.5 Å². The summed E-state index contributed by atoms with van der Waals surface area (Å²) in [5.41, 5.74) is 2.47. The molecule has 0 aliphatic heterocycles. The maximum atomic E-state index is 5.39. The molecule has 0 atom stereocenters. The van der Waals surface area contributed by atoms with Crippen LogP contribution in [0, 0.1) is 0 Å². The number of hydrogen-bond acceptors (Lipinski definition) is 4. The molecular formula is C20H28N2O2. The van der Waals surface area contributed by atoms with E-state index in [4.69, 9.17) is 9.47 Å². The Bertz CT molecular complexity index is 616. The minimum atomic E-state index is 0.770. The van der Waals surface area contributed by atoms with Crippen LogP contribution >= 0.6 is 0 Å². The van der Waals surface area contributed by atoms with Gasteiger partial charge in [0, 0.05) is 20.1 Å². The van der Waals surface area contributed by atoms with Crippen LogP contribution in [0.4, 0.5) is 5.69 Å². The zero-order chi connectivity index (χ0) is 17.4. The van der Waals surface area contributed by atoms with Crippen LogP contribution in [-0.2, 0) is 6.42 Å². The SMILES string of the molecule is CCCN(c1ccccc1)N(C)CCc1ccc(OC)c(OC)c1. The molecule has 130 valence electrons. The first kappa shape index (κ1) is 18.1. The van der Waals surface area contributed by atoms with Gasteiger partial charge in [-0.1, -0.05) is 31.2 Å². The summed E-state index contributed by atoms with van der Waals surface area (Å²) in [7, 11) is 5.48. The molecule has 24 heavy (non-hydrogen) atoms. The number of hydrogen-bond donors (Lipinski definition) is 0. The molecule has 2 aromatic rings. The molecule has 0 N–H and O–H groups in total. The van der Waals surface area contributed by atoms with Gasteiger partial charge in [0.15, 0.2) is 11.5 Å². The van der Waals surface area contributed by atoms with Crippen LogP contribution in [0.25, 0.3) is 0 Å². The average molecular weight is 328 g/mol. The lowest BCUT2D eigenvalue weighted by molar-refractivity contribution is 0.306. The van der Waals surface area contributed by atoms with Crippen LogP contribution in [0.1, 0.15) is 18.9 Å². The number of para-hydroxylation sites is 1. The summed E-state index contributed by atoms with van der Waals surface area (Å²) in [6.07, 6.45) is 2.06. The second-order valence-electron chi connectivity index (χ2n) is 5.78. The van der Waals surface area contributed by atoms with Gasteiger partial charge < -0.3 is 14.5 Å². The fraction of sp³-hybridized carbons (Fsp3) is 0.400. The molecule has 0 heterocycles. The molecule has 4 nitrogen and oxygen atoms in total. The molecular weight excluding hydrogens is 300 g/mol. The molecule has 2 aromatic carbocycles. The maximum Gasteiger partial charge on any atom is 0.160 e. The van der Waals surface area contributed by atoms with E-state index in [0.29, 0.717) is 0 Å². The Morgan fingerprint density at radius 1 is 0.875 bits per heavy atom. The van der Waals surface area contributed by atoms with Crippen LogP contribution in [0.3, 0.4) is 0 Å². The second-order valence-corrected chi connectivity index (χ2v) is 5.78. The monoisotopic (exact) mass is 328 g/mol. The predicted octanol–water partition coefficient (Wildman–Crippen LogP) is 4.01. The van der Waals surface area contributed by atoms with Crippen molar-refractivity contribution in [1.29, 1.82) is 0 Å². The van der Waals surface area contributed by atoms with Gasteiger partial charge in [0.05, 0.1) is 19.9 Å². The Morgan fingerprint density at radius 3 is 2.21 bits per heavy atom. The number of anilines is 1. The molecule has 0 unspecified atom stereocenters. The third-order valence-electron chi connectivity index (χ3n) is 4.07. The van der Waals surface area contributed by atoms with Gasteiger partial charge in [0.1, 0.15) is 0 Å². The van der Waals surface area contributed by atoms with Crippen molar-refractivity contribution in [2.45, 2.75) is 19.8 Å². The van der Waals surface area contributed by atoms with E-state index in [1.165, 1.54) is 11.3 Å². The zero-order valence-electron chi connectivity index (χ0n) is 15.2. The quantitative estimate of drug-likeness (QED) is 0.649. The molecule has 0 spiro atoms. The van der Waals surface area contributed by atoms with Gasteiger partial charge in [0.25, 0.3) is 0 Å². The van der Waals surface area contributed by atoms with E-state index in [2.05, 4.69) is 66.5 Å². The van der Waals surface area contributed by atoms with Crippen LogP contribution < -0.4 is 14.5 Å². The third-order valence-corrected chi connectivity index (χ3v) is 4.07. The van der Waals surface area contributed by atoms with Crippen molar-refractivity contribution in [2.75, 3.05) is 39.4 Å². The predicted molar refractivity (Wildman–Crippen MR) is 100.0 cm³/mol. The molecule has 0 saturated heterocycles. The molecule has 0 aliphatic rings. The van der Waals surface area contributed by atoms with Gasteiger partial charge in [0.2, 0.25) is 0 Å². The van der Waals surface area contributed by atoms with Gasteiger partial charge in [-0.3, -0.25) is 0 Å². The number of nitrogens with zero attached hydrogens (tertiary/aromatic N) is 2. The number of hydrazine groups is 1. The van der Waals surface area contributed by atoms with Gasteiger partial charge in [-0.25, -0.2) is 5.01 Å². The topological polar surface area (TPSA) is 24.9 Å². The van der Waals surface area contributed by atoms with Crippen molar-refractivity contribution in [3.63, 3.8) is 0 Å². The van der Waals surface area contributed by atoms with E-state index >= 15 is 0 Å². The lowest BCUT2D eigenvalue weighted by Crippen LogP contribution is -2.41. The number of benzene rings is 2. The van der Waals surface area contributed by atoms with E-state index in [-0.39, 0.29) is 0 Å². The highest BCUT2D eigenvalue weighted by Crippen LogP contribution is 2.27.